The van der Waals surface area contributed by atoms with Crippen LogP contribution in [0.5, 0.6) is 0 Å². The van der Waals surface area contributed by atoms with Crippen LogP contribution in [0.1, 0.15) is 13.8 Å². The molecule has 8 aromatic rings. The molecule has 0 unspecified atom stereocenters. The molecule has 2 aliphatic rings. The maximum Gasteiger partial charge on any atom is 0.0710 e. The Kier molecular flexibility index (Phi) is 5.82. The number of nitrogens with zero attached hydrogens (tertiary/aromatic N) is 2. The minimum absolute atomic E-state index is 0.842. The van der Waals surface area contributed by atoms with Crippen molar-refractivity contribution in [3.63, 3.8) is 0 Å². The Bertz CT molecular complexity index is 2460. The van der Waals surface area contributed by atoms with Crippen LogP contribution in [0, 0.1) is 0 Å². The second-order valence-corrected chi connectivity index (χ2v) is 23.9. The first kappa shape index (κ1) is 28.5. The minimum Gasteiger partial charge on any atom is -0.277 e. The average Bonchev–Trinajstić information content (AvgIpc) is 3.34. The predicted octanol–water partition coefficient (Wildman–Crippen LogP) is 12.4. The van der Waals surface area contributed by atoms with E-state index >= 15 is 0 Å². The first-order valence-electron chi connectivity index (χ1n) is 16.1. The third-order valence-corrected chi connectivity index (χ3v) is 18.0. The normalized spacial score (nSPS) is 17.4. The van der Waals surface area contributed by atoms with E-state index in [4.69, 9.17) is 0 Å². The van der Waals surface area contributed by atoms with Gasteiger partial charge in [-0.05, 0) is 94.4 Å². The molecule has 0 fully saturated rings. The van der Waals surface area contributed by atoms with Crippen molar-refractivity contribution in [1.29, 1.82) is 0 Å². The summed E-state index contributed by atoms with van der Waals surface area (Å²) in [5, 5.41) is 8.07. The third kappa shape index (κ3) is 3.39. The summed E-state index contributed by atoms with van der Waals surface area (Å²) >= 11 is 0. The fraction of sp³-hybridized carbons (Fsp3) is 0.171. The van der Waals surface area contributed by atoms with Crippen LogP contribution < -0.4 is 0 Å². The zero-order valence-electron chi connectivity index (χ0n) is 27.6. The van der Waals surface area contributed by atoms with E-state index in [0.29, 0.717) is 0 Å². The molecule has 0 N–H and O–H groups in total. The van der Waals surface area contributed by atoms with Crippen molar-refractivity contribution in [3.8, 4) is 0 Å². The summed E-state index contributed by atoms with van der Waals surface area (Å²) in [5.74, 6) is 0. The van der Waals surface area contributed by atoms with Gasteiger partial charge in [0.1, 0.15) is 0 Å². The number of aromatic nitrogens is 2. The van der Waals surface area contributed by atoms with Crippen LogP contribution in [0.3, 0.4) is 0 Å². The Morgan fingerprint density at radius 3 is 1.65 bits per heavy atom. The second kappa shape index (κ2) is 9.41. The summed E-state index contributed by atoms with van der Waals surface area (Å²) in [5.41, 5.74) is 5.39. The summed E-state index contributed by atoms with van der Waals surface area (Å²) in [6.07, 6.45) is 12.2. The maximum absolute atomic E-state index is 2.81. The zero-order chi connectivity index (χ0) is 31.7. The largest absolute Gasteiger partial charge is 0.277 e. The number of fused-ring (bicyclic) bond motifs is 7. The number of hydrogen-bond donors (Lipinski definition) is 0. The van der Waals surface area contributed by atoms with Crippen molar-refractivity contribution in [1.82, 2.24) is 7.94 Å². The summed E-state index contributed by atoms with van der Waals surface area (Å²) in [6, 6.07) is 44.9. The van der Waals surface area contributed by atoms with Gasteiger partial charge in [-0.15, -0.1) is 0 Å². The first-order chi connectivity index (χ1) is 22.2. The molecular weight excluding hydrogens is 617 g/mol. The van der Waals surface area contributed by atoms with E-state index in [2.05, 4.69) is 154 Å². The molecule has 0 spiro atoms. The molecule has 46 heavy (non-hydrogen) atoms. The molecule has 232 valence electrons. The molecule has 0 bridgehead atoms. The maximum atomic E-state index is 2.81. The Morgan fingerprint density at radius 2 is 1.09 bits per heavy atom. The minimum atomic E-state index is -2.05. The topological polar surface area (TPSA) is 9.86 Å². The van der Waals surface area contributed by atoms with E-state index in [0.717, 1.165) is 0 Å². The quantitative estimate of drug-likeness (QED) is 0.168. The van der Waals surface area contributed by atoms with Crippen molar-refractivity contribution in [2.75, 3.05) is 31.3 Å². The molecule has 0 radical (unpaired) electrons. The Morgan fingerprint density at radius 1 is 0.522 bits per heavy atom. The van der Waals surface area contributed by atoms with Gasteiger partial charge < -0.3 is 0 Å². The van der Waals surface area contributed by atoms with Crippen molar-refractivity contribution < 1.29 is 0 Å². The van der Waals surface area contributed by atoms with Crippen molar-refractivity contribution in [3.05, 3.63) is 115 Å². The Labute approximate surface area is 276 Å². The van der Waals surface area contributed by atoms with Crippen LogP contribution in [0.2, 0.25) is 0 Å². The van der Waals surface area contributed by atoms with E-state index in [1.54, 1.807) is 9.79 Å². The fourth-order valence-electron chi connectivity index (χ4n) is 7.85. The Balaban J connectivity index is 0.00000143. The molecule has 5 heteroatoms. The highest BCUT2D eigenvalue weighted by Crippen LogP contribution is 2.78. The third-order valence-electron chi connectivity index (χ3n) is 10.0. The molecule has 0 aliphatic carbocycles. The summed E-state index contributed by atoms with van der Waals surface area (Å²) in [4.78, 5) is 7.41. The van der Waals surface area contributed by atoms with E-state index in [1.807, 2.05) is 13.8 Å². The lowest BCUT2D eigenvalue weighted by Gasteiger charge is -2.47. The van der Waals surface area contributed by atoms with E-state index in [1.165, 1.54) is 69.1 Å². The lowest BCUT2D eigenvalue weighted by molar-refractivity contribution is 1.13. The van der Waals surface area contributed by atoms with Gasteiger partial charge in [-0.2, -0.15) is 10.0 Å². The van der Waals surface area contributed by atoms with Gasteiger partial charge in [0, 0.05) is 46.5 Å². The number of rotatable bonds is 3. The molecule has 0 saturated carbocycles. The van der Waals surface area contributed by atoms with Crippen LogP contribution in [0.15, 0.2) is 140 Å². The van der Waals surface area contributed by atoms with Crippen LogP contribution in [0.4, 0.5) is 0 Å². The molecule has 2 aliphatic heterocycles. The summed E-state index contributed by atoms with van der Waals surface area (Å²) < 4.78 is 5.62. The van der Waals surface area contributed by atoms with Crippen LogP contribution in [-0.2, 0) is 0 Å². The molecule has 10 rings (SSSR count). The van der Waals surface area contributed by atoms with Crippen LogP contribution >= 0.6 is 30.5 Å². The lowest BCUT2D eigenvalue weighted by atomic mass is 10.0. The average molecular weight is 657 g/mol. The van der Waals surface area contributed by atoms with Gasteiger partial charge in [-0.25, -0.2) is 10.0 Å². The monoisotopic (exact) mass is 656 g/mol. The lowest BCUT2D eigenvalue weighted by Crippen LogP contribution is -2.22. The van der Waals surface area contributed by atoms with Crippen molar-refractivity contribution in [2.45, 2.75) is 38.3 Å². The molecular formula is C41H40N2S3. The fourth-order valence-corrected chi connectivity index (χ4v) is 15.4. The van der Waals surface area contributed by atoms with Gasteiger partial charge in [0.2, 0.25) is 0 Å². The van der Waals surface area contributed by atoms with E-state index in [-0.39, 0.29) is 0 Å². The smallest absolute Gasteiger partial charge is 0.0710 e. The van der Waals surface area contributed by atoms with Gasteiger partial charge in [-0.1, -0.05) is 86.6 Å². The SMILES string of the molecule is CC.CS(C)(C)c1cccc(S2(c3ccc4c(c3)S4(C)C)n3c4ccccc4c4ccc5ccc6c7ccccc7n2c6c5c43)c1. The predicted molar refractivity (Wildman–Crippen MR) is 209 cm³/mol. The molecule has 0 atom stereocenters. The van der Waals surface area contributed by atoms with E-state index in [9.17, 15) is 0 Å². The highest BCUT2D eigenvalue weighted by atomic mass is 32.3. The van der Waals surface area contributed by atoms with E-state index < -0.39 is 30.5 Å². The van der Waals surface area contributed by atoms with Gasteiger partial charge in [0.25, 0.3) is 0 Å². The summed E-state index contributed by atoms with van der Waals surface area (Å²) in [6.45, 7) is 4.00. The van der Waals surface area contributed by atoms with Crippen molar-refractivity contribution in [2.24, 2.45) is 0 Å². The highest BCUT2D eigenvalue weighted by molar-refractivity contribution is 8.37. The summed E-state index contributed by atoms with van der Waals surface area (Å²) in [7, 11) is -3.84. The number of para-hydroxylation sites is 2. The van der Waals surface area contributed by atoms with Gasteiger partial charge >= 0.3 is 0 Å². The molecule has 0 saturated heterocycles. The van der Waals surface area contributed by atoms with Gasteiger partial charge in [-0.3, -0.25) is 7.94 Å². The second-order valence-electron chi connectivity index (χ2n) is 13.4. The molecule has 4 heterocycles. The molecule has 2 aromatic heterocycles. The zero-order valence-corrected chi connectivity index (χ0v) is 30.0. The van der Waals surface area contributed by atoms with Gasteiger partial charge in [0.15, 0.2) is 0 Å². The van der Waals surface area contributed by atoms with Crippen LogP contribution in [-0.4, -0.2) is 39.2 Å². The highest BCUT2D eigenvalue weighted by Gasteiger charge is 2.45. The standard InChI is InChI=1S/C39H34N2S3.C2H6/c1-42(2,3)26-11-10-12-27(23-26)44(28-19-22-35-36(24-28)43(35,4)5)40-33-15-8-6-13-29(33)31-20-17-25-18-21-32-30-14-7-9-16-34(30)41(44)39(32)37(25)38(31)40;1-2/h6-24H,1-5H3;1-2H3. The Hall–Kier alpha value is -3.77. The van der Waals surface area contributed by atoms with Crippen LogP contribution in [0.25, 0.3) is 54.4 Å². The number of hydrogen-bond acceptors (Lipinski definition) is 0. The molecule has 0 amide bonds. The first-order valence-corrected chi connectivity index (χ1v) is 23.0. The number of benzene rings is 6. The van der Waals surface area contributed by atoms with Crippen molar-refractivity contribution >= 4 is 84.8 Å². The van der Waals surface area contributed by atoms with Gasteiger partial charge in [0.05, 0.1) is 22.1 Å². The molecule has 6 aromatic carbocycles. The molecule has 2 nitrogen and oxygen atoms in total.